The van der Waals surface area contributed by atoms with Crippen molar-refractivity contribution in [1.29, 1.82) is 0 Å². The summed E-state index contributed by atoms with van der Waals surface area (Å²) in [5.74, 6) is 0.762. The Morgan fingerprint density at radius 1 is 1.22 bits per heavy atom. The van der Waals surface area contributed by atoms with Crippen LogP contribution in [-0.4, -0.2) is 45.0 Å². The number of fused-ring (bicyclic) bond motifs is 1. The molecule has 3 aromatic rings. The first kappa shape index (κ1) is 21.4. The van der Waals surface area contributed by atoms with Crippen molar-refractivity contribution in [2.75, 3.05) is 19.6 Å². The van der Waals surface area contributed by atoms with Crippen LogP contribution in [0.1, 0.15) is 27.8 Å². The Hall–Kier alpha value is -1.86. The minimum absolute atomic E-state index is 0. The summed E-state index contributed by atoms with van der Waals surface area (Å²) in [6, 6.07) is 11.3. The van der Waals surface area contributed by atoms with Crippen LogP contribution in [0.2, 0.25) is 5.02 Å². The molecule has 0 aliphatic carbocycles. The van der Waals surface area contributed by atoms with Gasteiger partial charge in [0.15, 0.2) is 5.65 Å². The molecule has 27 heavy (non-hydrogen) atoms. The molecule has 1 fully saturated rings. The molecule has 4 rings (SSSR count). The third kappa shape index (κ3) is 4.19. The summed E-state index contributed by atoms with van der Waals surface area (Å²) in [7, 11) is 0. The standard InChI is InChI=1S/C18H18ClN5O.2ClH/c1-12-21-22-17-6-5-14(11-24(12)17)18(25)23-8-7-20-10-16(23)13-3-2-4-15(19)9-13;;/h2-6,9,11,16,20H,7-8,10H2,1H3;2*1H. The van der Waals surface area contributed by atoms with Crippen molar-refractivity contribution >= 4 is 48.0 Å². The SMILES string of the molecule is Cc1nnc2ccc(C(=O)N3CCNCC3c3cccc(Cl)c3)cn12.Cl.Cl. The van der Waals surface area contributed by atoms with E-state index >= 15 is 0 Å². The highest BCUT2D eigenvalue weighted by atomic mass is 35.5. The molecule has 1 unspecified atom stereocenters. The first-order valence-electron chi connectivity index (χ1n) is 8.22. The van der Waals surface area contributed by atoms with Crippen LogP contribution in [0.5, 0.6) is 0 Å². The molecule has 1 aromatic carbocycles. The van der Waals surface area contributed by atoms with E-state index in [1.54, 1.807) is 0 Å². The van der Waals surface area contributed by atoms with Gasteiger partial charge in [0, 0.05) is 30.9 Å². The van der Waals surface area contributed by atoms with Crippen LogP contribution < -0.4 is 5.32 Å². The highest BCUT2D eigenvalue weighted by Crippen LogP contribution is 2.26. The minimum Gasteiger partial charge on any atom is -0.329 e. The van der Waals surface area contributed by atoms with Crippen molar-refractivity contribution in [3.8, 4) is 0 Å². The molecule has 0 saturated carbocycles. The summed E-state index contributed by atoms with van der Waals surface area (Å²) in [5, 5.41) is 12.2. The number of amides is 1. The van der Waals surface area contributed by atoms with E-state index in [0.717, 1.165) is 23.6 Å². The second kappa shape index (κ2) is 8.89. The summed E-state index contributed by atoms with van der Waals surface area (Å²) >= 11 is 6.14. The largest absolute Gasteiger partial charge is 0.329 e. The van der Waals surface area contributed by atoms with Crippen LogP contribution in [0.4, 0.5) is 0 Å². The summed E-state index contributed by atoms with van der Waals surface area (Å²) in [6.07, 6.45) is 1.81. The Bertz CT molecular complexity index is 946. The van der Waals surface area contributed by atoms with Gasteiger partial charge in [0.05, 0.1) is 11.6 Å². The van der Waals surface area contributed by atoms with Crippen molar-refractivity contribution in [3.05, 3.63) is 64.6 Å². The maximum Gasteiger partial charge on any atom is 0.255 e. The number of carbonyl (C=O) groups is 1. The van der Waals surface area contributed by atoms with Crippen molar-refractivity contribution in [1.82, 2.24) is 24.8 Å². The quantitative estimate of drug-likeness (QED) is 0.680. The minimum atomic E-state index is -0.0438. The number of aryl methyl sites for hydroxylation is 1. The Kier molecular flexibility index (Phi) is 7.06. The summed E-state index contributed by atoms with van der Waals surface area (Å²) in [5.41, 5.74) is 2.40. The molecule has 144 valence electrons. The van der Waals surface area contributed by atoms with Crippen LogP contribution in [0, 0.1) is 6.92 Å². The lowest BCUT2D eigenvalue weighted by atomic mass is 10.0. The van der Waals surface area contributed by atoms with E-state index in [4.69, 9.17) is 11.6 Å². The lowest BCUT2D eigenvalue weighted by Crippen LogP contribution is -2.48. The van der Waals surface area contributed by atoms with Crippen molar-refractivity contribution in [2.24, 2.45) is 0 Å². The van der Waals surface area contributed by atoms with E-state index in [-0.39, 0.29) is 36.8 Å². The molecule has 0 radical (unpaired) electrons. The third-order valence-corrected chi connectivity index (χ3v) is 4.79. The Morgan fingerprint density at radius 3 is 2.81 bits per heavy atom. The van der Waals surface area contributed by atoms with Crippen molar-refractivity contribution < 1.29 is 4.79 Å². The molecule has 2 aromatic heterocycles. The molecule has 1 atom stereocenters. The van der Waals surface area contributed by atoms with Gasteiger partial charge in [-0.25, -0.2) is 0 Å². The third-order valence-electron chi connectivity index (χ3n) is 4.56. The van der Waals surface area contributed by atoms with E-state index in [2.05, 4.69) is 15.5 Å². The maximum atomic E-state index is 13.2. The normalized spacial score (nSPS) is 16.5. The highest BCUT2D eigenvalue weighted by Gasteiger charge is 2.29. The van der Waals surface area contributed by atoms with Gasteiger partial charge >= 0.3 is 0 Å². The van der Waals surface area contributed by atoms with Gasteiger partial charge < -0.3 is 10.2 Å². The maximum absolute atomic E-state index is 13.2. The smallest absolute Gasteiger partial charge is 0.255 e. The second-order valence-corrected chi connectivity index (χ2v) is 6.60. The second-order valence-electron chi connectivity index (χ2n) is 6.17. The molecule has 1 aliphatic rings. The molecule has 0 bridgehead atoms. The van der Waals surface area contributed by atoms with E-state index in [0.29, 0.717) is 23.7 Å². The van der Waals surface area contributed by atoms with Crippen LogP contribution in [0.3, 0.4) is 0 Å². The Morgan fingerprint density at radius 2 is 2.04 bits per heavy atom. The van der Waals surface area contributed by atoms with Gasteiger partial charge in [0.25, 0.3) is 5.91 Å². The van der Waals surface area contributed by atoms with Crippen LogP contribution >= 0.6 is 36.4 Å². The zero-order valence-electron chi connectivity index (χ0n) is 14.6. The van der Waals surface area contributed by atoms with Gasteiger partial charge in [0.1, 0.15) is 5.82 Å². The molecule has 9 heteroatoms. The van der Waals surface area contributed by atoms with Crippen LogP contribution in [-0.2, 0) is 0 Å². The van der Waals surface area contributed by atoms with E-state index < -0.39 is 0 Å². The van der Waals surface area contributed by atoms with Gasteiger partial charge in [-0.1, -0.05) is 23.7 Å². The number of nitrogens with one attached hydrogen (secondary N) is 1. The number of hydrogen-bond donors (Lipinski definition) is 1. The first-order valence-corrected chi connectivity index (χ1v) is 8.60. The average Bonchev–Trinajstić information content (AvgIpc) is 3.01. The number of pyridine rings is 1. The van der Waals surface area contributed by atoms with Gasteiger partial charge in [-0.15, -0.1) is 35.0 Å². The summed E-state index contributed by atoms with van der Waals surface area (Å²) in [6.45, 7) is 4.00. The van der Waals surface area contributed by atoms with Gasteiger partial charge in [0.2, 0.25) is 0 Å². The molecule has 1 N–H and O–H groups in total. The number of piperazine rings is 1. The van der Waals surface area contributed by atoms with E-state index in [9.17, 15) is 4.79 Å². The average molecular weight is 429 g/mol. The Labute approximate surface area is 174 Å². The lowest BCUT2D eigenvalue weighted by Gasteiger charge is -2.36. The zero-order valence-corrected chi connectivity index (χ0v) is 17.0. The molecular weight excluding hydrogens is 409 g/mol. The van der Waals surface area contributed by atoms with Gasteiger partial charge in [-0.3, -0.25) is 9.20 Å². The highest BCUT2D eigenvalue weighted by molar-refractivity contribution is 6.30. The fraction of sp³-hybridized carbons (Fsp3) is 0.278. The number of halogens is 3. The Balaban J connectivity index is 0.00000131. The number of benzene rings is 1. The molecule has 1 aliphatic heterocycles. The molecule has 1 amide bonds. The number of hydrogen-bond acceptors (Lipinski definition) is 4. The fourth-order valence-corrected chi connectivity index (χ4v) is 3.46. The number of carbonyl (C=O) groups excluding carboxylic acids is 1. The summed E-state index contributed by atoms with van der Waals surface area (Å²) in [4.78, 5) is 15.1. The van der Waals surface area contributed by atoms with Crippen LogP contribution in [0.25, 0.3) is 5.65 Å². The lowest BCUT2D eigenvalue weighted by molar-refractivity contribution is 0.0634. The number of rotatable bonds is 2. The number of nitrogens with zero attached hydrogens (tertiary/aromatic N) is 4. The van der Waals surface area contributed by atoms with E-state index in [1.807, 2.05) is 58.8 Å². The fourth-order valence-electron chi connectivity index (χ4n) is 3.26. The molecule has 3 heterocycles. The van der Waals surface area contributed by atoms with Crippen molar-refractivity contribution in [2.45, 2.75) is 13.0 Å². The first-order chi connectivity index (χ1) is 12.1. The number of aromatic nitrogens is 3. The topological polar surface area (TPSA) is 62.5 Å². The van der Waals surface area contributed by atoms with Crippen molar-refractivity contribution in [3.63, 3.8) is 0 Å². The summed E-state index contributed by atoms with van der Waals surface area (Å²) < 4.78 is 1.84. The van der Waals surface area contributed by atoms with E-state index in [1.165, 1.54) is 0 Å². The predicted octanol–water partition coefficient (Wildman–Crippen LogP) is 3.32. The van der Waals surface area contributed by atoms with Gasteiger partial charge in [-0.05, 0) is 36.8 Å². The zero-order chi connectivity index (χ0) is 17.4. The monoisotopic (exact) mass is 427 g/mol. The molecule has 0 spiro atoms. The molecule has 6 nitrogen and oxygen atoms in total. The van der Waals surface area contributed by atoms with Gasteiger partial charge in [-0.2, -0.15) is 0 Å². The van der Waals surface area contributed by atoms with Crippen LogP contribution in [0.15, 0.2) is 42.6 Å². The molecule has 1 saturated heterocycles. The molecular formula is C18H20Cl3N5O. The predicted molar refractivity (Wildman–Crippen MR) is 110 cm³/mol.